The molecule has 13 aromatic carbocycles. The molecule has 4 nitrogen and oxygen atoms in total. The average Bonchev–Trinajstić information content (AvgIpc) is 1.34. The normalized spacial score (nSPS) is 16.3. The second-order valence-electron chi connectivity index (χ2n) is 25.2. The fourth-order valence-electron chi connectivity index (χ4n) is 13.4. The third-order valence-electron chi connectivity index (χ3n) is 17.7. The van der Waals surface area contributed by atoms with Crippen molar-refractivity contribution in [2.75, 3.05) is 9.80 Å². The van der Waals surface area contributed by atoms with Gasteiger partial charge < -0.3 is 18.9 Å². The van der Waals surface area contributed by atoms with Gasteiger partial charge in [0.05, 0.1) is 63.6 Å². The summed E-state index contributed by atoms with van der Waals surface area (Å²) in [5.74, 6) is 0. The van der Waals surface area contributed by atoms with Crippen molar-refractivity contribution < 1.29 is 30.2 Å². The Morgan fingerprint density at radius 1 is 0.319 bits per heavy atom. The monoisotopic (exact) mass is 1190 g/mol. The molecule has 0 unspecified atom stereocenters. The van der Waals surface area contributed by atoms with Crippen LogP contribution in [0.5, 0.6) is 0 Å². The van der Waals surface area contributed by atoms with E-state index < -0.39 is 184 Å². The number of rotatable bonds is 8. The van der Waals surface area contributed by atoms with Gasteiger partial charge in [-0.25, -0.2) is 0 Å². The van der Waals surface area contributed by atoms with E-state index in [9.17, 15) is 24.7 Å². The number of para-hydroxylation sites is 4. The van der Waals surface area contributed by atoms with Crippen LogP contribution in [0, 0.1) is 0 Å². The summed E-state index contributed by atoms with van der Waals surface area (Å²) in [6, 6.07) is 36.2. The Labute approximate surface area is 564 Å². The summed E-state index contributed by atoms with van der Waals surface area (Å²) in [5, 5.41) is -1.39. The molecule has 17 rings (SSSR count). The fraction of sp³-hybridized carbons (Fsp3) is 0.0930. The van der Waals surface area contributed by atoms with Gasteiger partial charge in [0.15, 0.2) is 0 Å². The van der Waals surface area contributed by atoms with Crippen LogP contribution in [0.3, 0.4) is 0 Å². The van der Waals surface area contributed by atoms with E-state index in [4.69, 9.17) is 5.48 Å². The van der Waals surface area contributed by atoms with Crippen LogP contribution in [0.25, 0.3) is 99.5 Å². The maximum absolute atomic E-state index is 11.5. The molecular weight excluding hydrogens is 1100 g/mol. The molecular formula is C86H67BN4. The number of benzene rings is 13. The van der Waals surface area contributed by atoms with Gasteiger partial charge in [-0.1, -0.05) is 254 Å². The molecule has 0 fully saturated rings. The van der Waals surface area contributed by atoms with Crippen LogP contribution in [0.1, 0.15) is 82.8 Å². The number of hydrogen-bond acceptors (Lipinski definition) is 2. The first-order valence-electron chi connectivity index (χ1n) is 41.2. The summed E-state index contributed by atoms with van der Waals surface area (Å²) in [7, 11) is 0. The van der Waals surface area contributed by atoms with Crippen molar-refractivity contribution in [3.8, 4) is 55.9 Å². The lowest BCUT2D eigenvalue weighted by molar-refractivity contribution is 0.590. The van der Waals surface area contributed by atoms with Crippen LogP contribution in [-0.2, 0) is 10.8 Å². The van der Waals surface area contributed by atoms with Gasteiger partial charge in [0.2, 0.25) is 0 Å². The topological polar surface area (TPSA) is 16.3 Å². The van der Waals surface area contributed by atoms with Crippen molar-refractivity contribution >= 4 is 101 Å². The van der Waals surface area contributed by atoms with Crippen molar-refractivity contribution in [1.82, 2.24) is 9.13 Å². The predicted octanol–water partition coefficient (Wildman–Crippen LogP) is 21.2. The fourth-order valence-corrected chi connectivity index (χ4v) is 13.4. The molecule has 2 aromatic heterocycles. The lowest BCUT2D eigenvalue weighted by Crippen LogP contribution is -2.61. The van der Waals surface area contributed by atoms with Gasteiger partial charge in [0.1, 0.15) is 0 Å². The average molecular weight is 1190 g/mol. The predicted molar refractivity (Wildman–Crippen MR) is 388 cm³/mol. The Morgan fingerprint density at radius 3 is 0.912 bits per heavy atom. The molecule has 5 heteroatoms. The third-order valence-corrected chi connectivity index (χ3v) is 17.7. The highest BCUT2D eigenvalue weighted by Gasteiger charge is 2.46. The van der Waals surface area contributed by atoms with Crippen LogP contribution in [0.4, 0.5) is 34.1 Å². The summed E-state index contributed by atoms with van der Waals surface area (Å²) in [5.41, 5.74) is 4.13. The summed E-state index contributed by atoms with van der Waals surface area (Å²) in [6.45, 7) is 10.9. The van der Waals surface area contributed by atoms with Crippen LogP contribution in [0.15, 0.2) is 297 Å². The van der Waals surface area contributed by atoms with E-state index in [1.54, 1.807) is 6.07 Å². The van der Waals surface area contributed by atoms with Crippen molar-refractivity contribution in [2.45, 2.75) is 52.4 Å². The SMILES string of the molecule is [2H]c1c([2H])c(-n2c3c([2H])c([2H])c([2H])c([2H])c3c3c([2H])c([2H])c([2H])c([2H])c32)c([2H])c2c1B1c3c(cccc3N(c3c(-c4ccccc4)cc(C(C)(C)C)cc3-c3ccccc3)c3c([2H])c(-n4c5c([2H])c([2H])c([2H])c([2H])c5c5c([2H])c([2H])c([2H])c([2H])c54)c([2H])c([2H])c31)N2c1c(-c2ccccc2)cc(C(C)(C)C)cc1-c1ccccc1. The van der Waals surface area contributed by atoms with Crippen molar-refractivity contribution in [3.05, 3.63) is 308 Å². The molecule has 0 saturated carbocycles. The standard InChI is InChI=1S/C86H67BN4/c1-85(2,3)60-50-68(56-28-11-7-12-29-56)83(69(51-60)57-30-13-8-14-31-57)90-78-44-27-45-79-82(78)87(72-48-46-62(54-80(72)90)88-74-40-23-19-36-64(74)65-37-20-24-41-75(65)88)73-49-47-63(89-76-42-25-21-38-66(76)67-39-22-26-43-77(67)89)55-81(73)91(79)84-70(58-32-15-9-16-33-58)52-61(86(4,5)6)53-71(84)59-34-17-10-18-35-59/h7-55H,1-6H3/i19D,20D,21D,22D,23D,24D,25D,26D,36D,37D,38D,39D,40D,41D,42D,43D,46D,47D,48D,49D,54D,55D. The number of hydrogen-bond donors (Lipinski definition) is 0. The molecule has 434 valence electrons. The van der Waals surface area contributed by atoms with Crippen LogP contribution in [0.2, 0.25) is 0 Å². The van der Waals surface area contributed by atoms with E-state index in [-0.39, 0.29) is 43.8 Å². The Hall–Kier alpha value is -10.9. The lowest BCUT2D eigenvalue weighted by atomic mass is 9.33. The van der Waals surface area contributed by atoms with Gasteiger partial charge in [-0.15, -0.1) is 0 Å². The van der Waals surface area contributed by atoms with E-state index in [0.717, 1.165) is 20.3 Å². The van der Waals surface area contributed by atoms with E-state index in [1.807, 2.05) is 143 Å². The maximum atomic E-state index is 11.5. The summed E-state index contributed by atoms with van der Waals surface area (Å²) in [4.78, 5) is 3.68. The molecule has 2 aliphatic rings. The van der Waals surface area contributed by atoms with E-state index >= 15 is 0 Å². The highest BCUT2D eigenvalue weighted by molar-refractivity contribution is 7.00. The summed E-state index contributed by atoms with van der Waals surface area (Å²) < 4.78 is 219. The van der Waals surface area contributed by atoms with Crippen LogP contribution < -0.4 is 26.2 Å². The number of aromatic nitrogens is 2. The highest BCUT2D eigenvalue weighted by atomic mass is 15.2. The Bertz CT molecular complexity index is 6060. The molecule has 15 aromatic rings. The molecule has 0 aliphatic carbocycles. The van der Waals surface area contributed by atoms with Crippen molar-refractivity contribution in [1.29, 1.82) is 0 Å². The second-order valence-corrected chi connectivity index (χ2v) is 25.2. The number of anilines is 6. The molecule has 0 N–H and O–H groups in total. The maximum Gasteiger partial charge on any atom is 0.252 e. The summed E-state index contributed by atoms with van der Waals surface area (Å²) in [6.07, 6.45) is 0. The van der Waals surface area contributed by atoms with Gasteiger partial charge in [-0.3, -0.25) is 0 Å². The first kappa shape index (κ1) is 36.0. The minimum Gasteiger partial charge on any atom is -0.310 e. The molecule has 0 amide bonds. The zero-order valence-corrected chi connectivity index (χ0v) is 50.5. The second kappa shape index (κ2) is 20.9. The van der Waals surface area contributed by atoms with E-state index in [2.05, 4.69) is 65.8 Å². The quantitative estimate of drug-likeness (QED) is 0.141. The van der Waals surface area contributed by atoms with Gasteiger partial charge >= 0.3 is 0 Å². The lowest BCUT2D eigenvalue weighted by Gasteiger charge is -2.46. The molecule has 4 heterocycles. The largest absolute Gasteiger partial charge is 0.310 e. The summed E-state index contributed by atoms with van der Waals surface area (Å²) >= 11 is 0. The zero-order chi connectivity index (χ0) is 80.4. The first-order valence-corrected chi connectivity index (χ1v) is 30.2. The minimum atomic E-state index is -1.60. The minimum absolute atomic E-state index is 0.151. The molecule has 91 heavy (non-hydrogen) atoms. The number of nitrogens with zero attached hydrogens (tertiary/aromatic N) is 4. The molecule has 2 aliphatic heterocycles. The first-order chi connectivity index (χ1) is 53.6. The molecule has 0 bridgehead atoms. The van der Waals surface area contributed by atoms with Gasteiger partial charge in [0, 0.05) is 77.9 Å². The smallest absolute Gasteiger partial charge is 0.252 e. The van der Waals surface area contributed by atoms with Crippen molar-refractivity contribution in [2.24, 2.45) is 0 Å². The molecule has 0 saturated heterocycles. The molecule has 0 atom stereocenters. The van der Waals surface area contributed by atoms with Gasteiger partial charge in [-0.2, -0.15) is 0 Å². The Morgan fingerprint density at radius 2 is 0.615 bits per heavy atom. The Balaban J connectivity index is 1.14. The third kappa shape index (κ3) is 8.66. The van der Waals surface area contributed by atoms with Crippen LogP contribution in [-0.4, -0.2) is 15.8 Å². The van der Waals surface area contributed by atoms with Crippen molar-refractivity contribution in [3.63, 3.8) is 0 Å². The Kier molecular flexibility index (Phi) is 8.24. The van der Waals surface area contributed by atoms with E-state index in [0.29, 0.717) is 72.7 Å². The van der Waals surface area contributed by atoms with Gasteiger partial charge in [0.25, 0.3) is 6.71 Å². The highest BCUT2D eigenvalue weighted by Crippen LogP contribution is 2.55. The molecule has 0 radical (unpaired) electrons. The van der Waals surface area contributed by atoms with Gasteiger partial charge in [-0.05, 0) is 145 Å². The number of fused-ring (bicyclic) bond motifs is 10. The zero-order valence-electron chi connectivity index (χ0n) is 72.5. The molecule has 0 spiro atoms. The van der Waals surface area contributed by atoms with Crippen LogP contribution >= 0.6 is 0 Å². The van der Waals surface area contributed by atoms with E-state index in [1.165, 1.54) is 0 Å².